The number of hydrogen-bond donors (Lipinski definition) is 1. The summed E-state index contributed by atoms with van der Waals surface area (Å²) in [6, 6.07) is 8.97. The Balaban J connectivity index is 2.46. The second kappa shape index (κ2) is 6.12. The van der Waals surface area contributed by atoms with Gasteiger partial charge in [0.1, 0.15) is 5.82 Å². The monoisotopic (exact) mass is 296 g/mol. The van der Waals surface area contributed by atoms with Crippen LogP contribution in [0.3, 0.4) is 0 Å². The van der Waals surface area contributed by atoms with Crippen LogP contribution in [0.25, 0.3) is 5.69 Å². The molecule has 0 amide bonds. The molecule has 8 heteroatoms. The van der Waals surface area contributed by atoms with Gasteiger partial charge in [0.25, 0.3) is 15.2 Å². The van der Waals surface area contributed by atoms with Crippen LogP contribution in [0.2, 0.25) is 0 Å². The Kier molecular flexibility index (Phi) is 4.48. The number of sulfonamides is 1. The first kappa shape index (κ1) is 14.6. The summed E-state index contributed by atoms with van der Waals surface area (Å²) in [5.41, 5.74) is 0.646. The van der Waals surface area contributed by atoms with Gasteiger partial charge in [0.15, 0.2) is 0 Å². The second-order valence-corrected chi connectivity index (χ2v) is 5.52. The first-order valence-electron chi connectivity index (χ1n) is 6.14. The summed E-state index contributed by atoms with van der Waals surface area (Å²) in [6.07, 6.45) is 0.450. The van der Waals surface area contributed by atoms with Crippen molar-refractivity contribution < 1.29 is 13.2 Å². The number of aromatic nitrogens is 3. The second-order valence-electron chi connectivity index (χ2n) is 4.06. The number of hydrogen-bond acceptors (Lipinski definition) is 5. The minimum Gasteiger partial charge on any atom is -0.381 e. The molecule has 1 aromatic heterocycles. The van der Waals surface area contributed by atoms with Crippen LogP contribution >= 0.6 is 0 Å². The fraction of sp³-hybridized carbons (Fsp3) is 0.333. The van der Waals surface area contributed by atoms with Gasteiger partial charge < -0.3 is 4.74 Å². The third kappa shape index (κ3) is 3.21. The van der Waals surface area contributed by atoms with E-state index in [1.165, 1.54) is 4.57 Å². The third-order valence-electron chi connectivity index (χ3n) is 2.64. The SMILES string of the molecule is CCOCCc1nnc(S(N)(=O)=O)n1-c1ccccc1. The van der Waals surface area contributed by atoms with Gasteiger partial charge in [0.05, 0.1) is 6.61 Å². The molecule has 0 bridgehead atoms. The lowest BCUT2D eigenvalue weighted by Gasteiger charge is -2.09. The van der Waals surface area contributed by atoms with Crippen molar-refractivity contribution in [1.29, 1.82) is 0 Å². The van der Waals surface area contributed by atoms with Crippen molar-refractivity contribution in [1.82, 2.24) is 14.8 Å². The molecule has 0 aliphatic carbocycles. The van der Waals surface area contributed by atoms with Crippen molar-refractivity contribution in [3.05, 3.63) is 36.2 Å². The van der Waals surface area contributed by atoms with Gasteiger partial charge >= 0.3 is 0 Å². The third-order valence-corrected chi connectivity index (χ3v) is 3.42. The van der Waals surface area contributed by atoms with Gasteiger partial charge in [0.2, 0.25) is 0 Å². The van der Waals surface area contributed by atoms with E-state index in [2.05, 4.69) is 10.2 Å². The van der Waals surface area contributed by atoms with Crippen LogP contribution in [0.1, 0.15) is 12.7 Å². The average Bonchev–Trinajstić information content (AvgIpc) is 2.84. The number of nitrogens with two attached hydrogens (primary N) is 1. The molecule has 1 heterocycles. The highest BCUT2D eigenvalue weighted by Gasteiger charge is 2.22. The number of benzene rings is 1. The number of nitrogens with zero attached hydrogens (tertiary/aromatic N) is 3. The highest BCUT2D eigenvalue weighted by Crippen LogP contribution is 2.16. The molecule has 20 heavy (non-hydrogen) atoms. The zero-order valence-electron chi connectivity index (χ0n) is 11.1. The topological polar surface area (TPSA) is 100 Å². The molecule has 0 radical (unpaired) electrons. The number of ether oxygens (including phenoxy) is 1. The summed E-state index contributed by atoms with van der Waals surface area (Å²) in [7, 11) is -3.94. The first-order chi connectivity index (χ1) is 9.54. The highest BCUT2D eigenvalue weighted by molar-refractivity contribution is 7.89. The molecule has 2 aromatic rings. The summed E-state index contributed by atoms with van der Waals surface area (Å²) in [6.45, 7) is 2.91. The first-order valence-corrected chi connectivity index (χ1v) is 7.69. The quantitative estimate of drug-likeness (QED) is 0.782. The van der Waals surface area contributed by atoms with Crippen LogP contribution in [0.4, 0.5) is 0 Å². The largest absolute Gasteiger partial charge is 0.381 e. The zero-order chi connectivity index (χ0) is 14.6. The van der Waals surface area contributed by atoms with Gasteiger partial charge in [-0.15, -0.1) is 10.2 Å². The van der Waals surface area contributed by atoms with E-state index in [4.69, 9.17) is 9.88 Å². The molecule has 2 N–H and O–H groups in total. The van der Waals surface area contributed by atoms with Gasteiger partial charge in [-0.05, 0) is 19.1 Å². The van der Waals surface area contributed by atoms with Crippen LogP contribution in [0.15, 0.2) is 35.5 Å². The lowest BCUT2D eigenvalue weighted by molar-refractivity contribution is 0.149. The maximum Gasteiger partial charge on any atom is 0.274 e. The van der Waals surface area contributed by atoms with Crippen molar-refractivity contribution in [2.24, 2.45) is 5.14 Å². The molecule has 0 unspecified atom stereocenters. The van der Waals surface area contributed by atoms with Crippen LogP contribution in [0, 0.1) is 0 Å². The van der Waals surface area contributed by atoms with Crippen molar-refractivity contribution in [2.75, 3.05) is 13.2 Å². The minimum absolute atomic E-state index is 0.268. The molecule has 0 atom stereocenters. The maximum absolute atomic E-state index is 11.6. The molecule has 2 rings (SSSR count). The van der Waals surface area contributed by atoms with E-state index in [0.29, 0.717) is 31.1 Å². The minimum atomic E-state index is -3.94. The summed E-state index contributed by atoms with van der Waals surface area (Å²) in [4.78, 5) is 0. The fourth-order valence-electron chi connectivity index (χ4n) is 1.79. The molecule has 0 aliphatic heterocycles. The van der Waals surface area contributed by atoms with E-state index >= 15 is 0 Å². The van der Waals surface area contributed by atoms with Crippen molar-refractivity contribution >= 4 is 10.0 Å². The standard InChI is InChI=1S/C12H16N4O3S/c1-2-19-9-8-11-14-15-12(20(13,17)18)16(11)10-6-4-3-5-7-10/h3-7H,2,8-9H2,1H3,(H2,13,17,18). The fourth-order valence-corrected chi connectivity index (χ4v) is 2.41. The molecule has 0 spiro atoms. The van der Waals surface area contributed by atoms with E-state index in [1.807, 2.05) is 13.0 Å². The van der Waals surface area contributed by atoms with E-state index in [9.17, 15) is 8.42 Å². The predicted molar refractivity (Wildman–Crippen MR) is 72.9 cm³/mol. The van der Waals surface area contributed by atoms with E-state index < -0.39 is 10.0 Å². The Morgan fingerprint density at radius 1 is 1.25 bits per heavy atom. The summed E-state index contributed by atoms with van der Waals surface area (Å²) >= 11 is 0. The molecule has 1 aromatic carbocycles. The maximum atomic E-state index is 11.6. The van der Waals surface area contributed by atoms with E-state index in [1.54, 1.807) is 24.3 Å². The van der Waals surface area contributed by atoms with Gasteiger partial charge in [-0.2, -0.15) is 0 Å². The Morgan fingerprint density at radius 3 is 2.55 bits per heavy atom. The normalized spacial score (nSPS) is 11.7. The Hall–Kier alpha value is -1.77. The van der Waals surface area contributed by atoms with Crippen LogP contribution in [-0.4, -0.2) is 36.4 Å². The Bertz CT molecular complexity index is 667. The summed E-state index contributed by atoms with van der Waals surface area (Å²) in [5.74, 6) is 0.494. The highest BCUT2D eigenvalue weighted by atomic mass is 32.2. The molecular formula is C12H16N4O3S. The van der Waals surface area contributed by atoms with Crippen molar-refractivity contribution in [3.8, 4) is 5.69 Å². The van der Waals surface area contributed by atoms with Crippen molar-refractivity contribution in [2.45, 2.75) is 18.5 Å². The van der Waals surface area contributed by atoms with Gasteiger partial charge in [0, 0.05) is 18.7 Å². The number of rotatable bonds is 6. The van der Waals surface area contributed by atoms with Crippen LogP contribution in [0.5, 0.6) is 0 Å². The summed E-state index contributed by atoms with van der Waals surface area (Å²) in [5, 5.41) is 12.5. The van der Waals surface area contributed by atoms with Gasteiger partial charge in [-0.25, -0.2) is 13.6 Å². The number of para-hydroxylation sites is 1. The molecular weight excluding hydrogens is 280 g/mol. The van der Waals surface area contributed by atoms with E-state index in [-0.39, 0.29) is 5.16 Å². The van der Waals surface area contributed by atoms with Crippen LogP contribution in [-0.2, 0) is 21.2 Å². The van der Waals surface area contributed by atoms with Gasteiger partial charge in [-0.1, -0.05) is 18.2 Å². The molecule has 108 valence electrons. The molecule has 0 saturated carbocycles. The van der Waals surface area contributed by atoms with Gasteiger partial charge in [-0.3, -0.25) is 4.57 Å². The molecule has 7 nitrogen and oxygen atoms in total. The predicted octanol–water partition coefficient (Wildman–Crippen LogP) is 0.494. The van der Waals surface area contributed by atoms with Crippen molar-refractivity contribution in [3.63, 3.8) is 0 Å². The van der Waals surface area contributed by atoms with Crippen LogP contribution < -0.4 is 5.14 Å². The zero-order valence-corrected chi connectivity index (χ0v) is 11.9. The molecule has 0 fully saturated rings. The molecule has 0 aliphatic rings. The Morgan fingerprint density at radius 2 is 1.95 bits per heavy atom. The smallest absolute Gasteiger partial charge is 0.274 e. The number of primary sulfonamides is 1. The lowest BCUT2D eigenvalue weighted by atomic mass is 10.3. The Labute approximate surface area is 117 Å². The lowest BCUT2D eigenvalue weighted by Crippen LogP contribution is -2.19. The average molecular weight is 296 g/mol. The molecule has 0 saturated heterocycles. The summed E-state index contributed by atoms with van der Waals surface area (Å²) < 4.78 is 29.9. The van der Waals surface area contributed by atoms with E-state index in [0.717, 1.165) is 0 Å².